The van der Waals surface area contributed by atoms with Crippen LogP contribution >= 0.6 is 0 Å². The fourth-order valence-corrected chi connectivity index (χ4v) is 4.32. The smallest absolute Gasteiger partial charge is 0.320 e. The minimum atomic E-state index is -2.14. The molecule has 17 heteroatoms. The topological polar surface area (TPSA) is 257 Å². The number of nitrogens with zero attached hydrogens (tertiary/aromatic N) is 1. The number of carboxylic acid groups (broad SMARTS) is 4. The van der Waals surface area contributed by atoms with Crippen LogP contribution in [0.1, 0.15) is 55.2 Å². The normalized spacial score (nSPS) is 15.0. The molecule has 0 aliphatic heterocycles. The van der Waals surface area contributed by atoms with Crippen molar-refractivity contribution in [2.24, 2.45) is 22.9 Å². The summed E-state index contributed by atoms with van der Waals surface area (Å²) >= 11 is 0. The number of nitrogens with two attached hydrogens (primary N) is 4. The van der Waals surface area contributed by atoms with E-state index >= 15 is 0 Å². The van der Waals surface area contributed by atoms with Gasteiger partial charge >= 0.3 is 23.9 Å². The summed E-state index contributed by atoms with van der Waals surface area (Å²) in [6.07, 6.45) is 3.88. The van der Waals surface area contributed by atoms with E-state index in [1.54, 1.807) is 17.0 Å². The molecule has 0 amide bonds. The Labute approximate surface area is 244 Å². The number of hydrogen-bond donors (Lipinski definition) is 8. The Morgan fingerprint density at radius 2 is 1.07 bits per heavy atom. The summed E-state index contributed by atoms with van der Waals surface area (Å²) in [5.41, 5.74) is 23.6. The van der Waals surface area contributed by atoms with Crippen LogP contribution in [0.25, 0.3) is 0 Å². The van der Waals surface area contributed by atoms with Crippen LogP contribution in [0.5, 0.6) is 0 Å². The Balaban J connectivity index is 3.66. The molecule has 1 heterocycles. The molecular formula is C24H36B4N5O8+. The summed E-state index contributed by atoms with van der Waals surface area (Å²) in [6.45, 7) is 0.366. The molecular weight excluding hydrogens is 530 g/mol. The van der Waals surface area contributed by atoms with Crippen molar-refractivity contribution in [3.05, 3.63) is 29.1 Å². The van der Waals surface area contributed by atoms with Gasteiger partial charge in [-0.15, -0.1) is 5.21 Å². The highest BCUT2D eigenvalue weighted by atomic mass is 16.4. The van der Waals surface area contributed by atoms with E-state index in [4.69, 9.17) is 59.4 Å². The van der Waals surface area contributed by atoms with Gasteiger partial charge in [0.2, 0.25) is 0 Å². The predicted octanol–water partition coefficient (Wildman–Crippen LogP) is -3.01. The molecule has 0 saturated carbocycles. The first-order valence-electron chi connectivity index (χ1n) is 13.0. The van der Waals surface area contributed by atoms with E-state index in [1.165, 1.54) is 0 Å². The van der Waals surface area contributed by atoms with Crippen LogP contribution in [0.15, 0.2) is 12.4 Å². The number of hydrogen-bond acceptors (Lipinski definition) is 8. The molecule has 4 atom stereocenters. The maximum Gasteiger partial charge on any atom is 0.320 e. The highest BCUT2D eigenvalue weighted by Crippen LogP contribution is 2.44. The quantitative estimate of drug-likeness (QED) is 0.0474. The zero-order valence-corrected chi connectivity index (χ0v) is 22.8. The lowest BCUT2D eigenvalue weighted by atomic mass is 9.26. The van der Waals surface area contributed by atoms with E-state index in [0.717, 1.165) is 0 Å². The monoisotopic (exact) mass is 566 g/mol. The Morgan fingerprint density at radius 3 is 1.46 bits per heavy atom. The van der Waals surface area contributed by atoms with Crippen molar-refractivity contribution in [2.45, 2.75) is 92.5 Å². The molecule has 0 aliphatic rings. The molecule has 13 nitrogen and oxygen atoms in total. The number of unbranched alkanes of at least 4 members (excludes halogenated alkanes) is 1. The first kappa shape index (κ1) is 36.2. The van der Waals surface area contributed by atoms with Gasteiger partial charge in [-0.05, 0) is 50.5 Å². The third-order valence-corrected chi connectivity index (χ3v) is 6.93. The van der Waals surface area contributed by atoms with Gasteiger partial charge in [-0.25, -0.2) is 4.57 Å². The summed E-state index contributed by atoms with van der Waals surface area (Å²) in [6, 6.07) is -5.03. The minimum absolute atomic E-state index is 0.0305. The van der Waals surface area contributed by atoms with E-state index in [0.29, 0.717) is 30.5 Å². The SMILES string of the molecule is [B]C([B])(C[C@H](N)C(=O)O)C([B])([B])c1c(CC[C@H](N)C(=O)O)c[n+](CCCC[C@H](N)C(=O)O)cc1CC[C@H](N)C(=O)O. The van der Waals surface area contributed by atoms with Gasteiger partial charge < -0.3 is 43.4 Å². The fraction of sp³-hybridized carbons (Fsp3) is 0.625. The molecule has 216 valence electrons. The summed E-state index contributed by atoms with van der Waals surface area (Å²) in [7, 11) is 25.6. The van der Waals surface area contributed by atoms with Gasteiger partial charge in [-0.2, -0.15) is 0 Å². The summed E-state index contributed by atoms with van der Waals surface area (Å²) in [5.74, 6) is -5.00. The van der Waals surface area contributed by atoms with E-state index in [1.807, 2.05) is 0 Å². The van der Waals surface area contributed by atoms with Crippen LogP contribution in [-0.4, -0.2) is 99.9 Å². The second-order valence-electron chi connectivity index (χ2n) is 10.4. The van der Waals surface area contributed by atoms with E-state index in [9.17, 15) is 34.5 Å². The Kier molecular flexibility index (Phi) is 13.6. The van der Waals surface area contributed by atoms with E-state index in [-0.39, 0.29) is 37.7 Å². The molecule has 0 bridgehead atoms. The first-order valence-corrected chi connectivity index (χ1v) is 13.0. The van der Waals surface area contributed by atoms with Gasteiger partial charge in [-0.1, -0.05) is 5.21 Å². The van der Waals surface area contributed by atoms with Crippen LogP contribution in [0.3, 0.4) is 0 Å². The number of carbonyl (C=O) groups is 4. The fourth-order valence-electron chi connectivity index (χ4n) is 4.32. The number of aliphatic carboxylic acids is 4. The third kappa shape index (κ3) is 10.5. The largest absolute Gasteiger partial charge is 0.480 e. The van der Waals surface area contributed by atoms with Crippen LogP contribution in [0.4, 0.5) is 0 Å². The second kappa shape index (κ2) is 15.4. The summed E-state index contributed by atoms with van der Waals surface area (Å²) in [4.78, 5) is 45.2. The third-order valence-electron chi connectivity index (χ3n) is 6.93. The lowest BCUT2D eigenvalue weighted by Crippen LogP contribution is -2.49. The maximum atomic E-state index is 11.4. The first-order chi connectivity index (χ1) is 18.8. The summed E-state index contributed by atoms with van der Waals surface area (Å²) in [5, 5.41) is 32.6. The van der Waals surface area contributed by atoms with Crippen LogP contribution in [-0.2, 0) is 43.8 Å². The average molecular weight is 566 g/mol. The molecule has 1 aromatic heterocycles. The molecule has 0 spiro atoms. The lowest BCUT2D eigenvalue weighted by molar-refractivity contribution is -0.698. The highest BCUT2D eigenvalue weighted by molar-refractivity contribution is 6.54. The average Bonchev–Trinajstić information content (AvgIpc) is 2.86. The van der Waals surface area contributed by atoms with Gasteiger partial charge in [0.25, 0.3) is 0 Å². The number of rotatable bonds is 19. The zero-order valence-electron chi connectivity index (χ0n) is 22.8. The Hall–Kier alpha value is -2.87. The molecule has 8 radical (unpaired) electrons. The van der Waals surface area contributed by atoms with Gasteiger partial charge in [0.1, 0.15) is 30.7 Å². The van der Waals surface area contributed by atoms with Crippen molar-refractivity contribution < 1.29 is 44.2 Å². The van der Waals surface area contributed by atoms with Gasteiger partial charge in [-0.3, -0.25) is 19.2 Å². The Bertz CT molecular complexity index is 1060. The molecule has 12 N–H and O–H groups in total. The maximum absolute atomic E-state index is 11.4. The standard InChI is InChI=1S/C24H35B4N5O8/c25-23(26,9-17(32)22(40)41)24(27,28)18-12(4-6-15(30)20(36)37)10-33(8-2-1-3-14(29)19(34)35)11-13(18)5-7-16(31)21(38)39/h10-11,14-17H,1-9,29-32H2,(H3-,34,35,36,37,38,39,40,41)/p+1/t14-,15-,16-,17-/m0/s1. The van der Waals surface area contributed by atoms with Gasteiger partial charge in [0.05, 0.1) is 31.4 Å². The molecule has 0 fully saturated rings. The van der Waals surface area contributed by atoms with Crippen molar-refractivity contribution in [1.82, 2.24) is 0 Å². The highest BCUT2D eigenvalue weighted by Gasteiger charge is 2.42. The second-order valence-corrected chi connectivity index (χ2v) is 10.4. The minimum Gasteiger partial charge on any atom is -0.480 e. The molecule has 0 unspecified atom stereocenters. The lowest BCUT2D eigenvalue weighted by Gasteiger charge is -2.47. The molecule has 0 saturated heterocycles. The number of pyridine rings is 1. The van der Waals surface area contributed by atoms with Crippen LogP contribution in [0, 0.1) is 0 Å². The molecule has 0 aliphatic carbocycles. The van der Waals surface area contributed by atoms with Crippen molar-refractivity contribution in [3.63, 3.8) is 0 Å². The van der Waals surface area contributed by atoms with Gasteiger partial charge in [0.15, 0.2) is 12.4 Å². The van der Waals surface area contributed by atoms with Crippen molar-refractivity contribution in [2.75, 3.05) is 0 Å². The zero-order chi connectivity index (χ0) is 31.7. The number of aromatic nitrogens is 1. The Morgan fingerprint density at radius 1 is 0.683 bits per heavy atom. The molecule has 41 heavy (non-hydrogen) atoms. The molecule has 1 rings (SSSR count). The molecule has 1 aromatic rings. The van der Waals surface area contributed by atoms with Crippen molar-refractivity contribution >= 4 is 55.3 Å². The summed E-state index contributed by atoms with van der Waals surface area (Å²) < 4.78 is 1.73. The molecule has 0 aromatic carbocycles. The van der Waals surface area contributed by atoms with Crippen molar-refractivity contribution in [3.8, 4) is 0 Å². The van der Waals surface area contributed by atoms with E-state index in [2.05, 4.69) is 0 Å². The van der Waals surface area contributed by atoms with Gasteiger partial charge in [0, 0.05) is 17.5 Å². The number of carboxylic acids is 4. The van der Waals surface area contributed by atoms with Crippen LogP contribution in [0.2, 0.25) is 5.21 Å². The predicted molar refractivity (Wildman–Crippen MR) is 152 cm³/mol. The van der Waals surface area contributed by atoms with Crippen LogP contribution < -0.4 is 27.5 Å². The van der Waals surface area contributed by atoms with E-state index < -0.39 is 64.9 Å². The van der Waals surface area contributed by atoms with Crippen molar-refractivity contribution in [1.29, 1.82) is 0 Å². The number of aryl methyl sites for hydroxylation is 3.